The molecule has 0 bridgehead atoms. The van der Waals surface area contributed by atoms with E-state index >= 15 is 0 Å². The van der Waals surface area contributed by atoms with Crippen molar-refractivity contribution in [3.8, 4) is 11.3 Å². The Hall–Kier alpha value is -2.63. The lowest BCUT2D eigenvalue weighted by Gasteiger charge is -2.26. The fraction of sp³-hybridized carbons (Fsp3) is 0.333. The van der Waals surface area contributed by atoms with Crippen LogP contribution in [0.15, 0.2) is 48.5 Å². The third-order valence-electron chi connectivity index (χ3n) is 5.53. The molecule has 1 aliphatic heterocycles. The SMILES string of the molecule is Cc1ccc(Cn2nc(C(=O)NN3CCCCC3)cc2-c2ccc(Cl)c(C)c2)cc1. The van der Waals surface area contributed by atoms with Gasteiger partial charge in [-0.2, -0.15) is 5.10 Å². The lowest BCUT2D eigenvalue weighted by atomic mass is 10.1. The quantitative estimate of drug-likeness (QED) is 0.629. The summed E-state index contributed by atoms with van der Waals surface area (Å²) in [5.74, 6) is -0.161. The highest BCUT2D eigenvalue weighted by Crippen LogP contribution is 2.26. The van der Waals surface area contributed by atoms with Crippen LogP contribution in [0.5, 0.6) is 0 Å². The number of aryl methyl sites for hydroxylation is 2. The molecule has 1 aromatic heterocycles. The zero-order valence-corrected chi connectivity index (χ0v) is 18.2. The molecule has 5 nitrogen and oxygen atoms in total. The number of hydrogen-bond acceptors (Lipinski definition) is 3. The summed E-state index contributed by atoms with van der Waals surface area (Å²) < 4.78 is 1.90. The van der Waals surface area contributed by atoms with E-state index in [0.717, 1.165) is 53.3 Å². The molecule has 2 heterocycles. The van der Waals surface area contributed by atoms with Gasteiger partial charge in [-0.15, -0.1) is 0 Å². The fourth-order valence-corrected chi connectivity index (χ4v) is 3.88. The number of amides is 1. The Morgan fingerprint density at radius 1 is 1.03 bits per heavy atom. The summed E-state index contributed by atoms with van der Waals surface area (Å²) >= 11 is 6.22. The maximum Gasteiger partial charge on any atom is 0.286 e. The standard InChI is InChI=1S/C24H27ClN4O/c1-17-6-8-19(9-7-17)16-29-23(20-10-11-21(25)18(2)14-20)15-22(26-29)24(30)27-28-12-4-3-5-13-28/h6-11,14-15H,3-5,12-13,16H2,1-2H3,(H,27,30). The molecule has 1 amide bonds. The van der Waals surface area contributed by atoms with Crippen molar-refractivity contribution in [2.75, 3.05) is 13.1 Å². The molecule has 1 saturated heterocycles. The Balaban J connectivity index is 1.65. The molecule has 156 valence electrons. The number of benzene rings is 2. The Bertz CT molecular complexity index is 1040. The van der Waals surface area contributed by atoms with Gasteiger partial charge >= 0.3 is 0 Å². The number of hydrazine groups is 1. The number of hydrogen-bond donors (Lipinski definition) is 1. The third kappa shape index (κ3) is 4.74. The number of carbonyl (C=O) groups excluding carboxylic acids is 1. The molecule has 0 unspecified atom stereocenters. The number of carbonyl (C=O) groups is 1. The average molecular weight is 423 g/mol. The second-order valence-corrected chi connectivity index (χ2v) is 8.42. The summed E-state index contributed by atoms with van der Waals surface area (Å²) in [6, 6.07) is 16.2. The molecule has 0 spiro atoms. The second kappa shape index (κ2) is 9.02. The molecule has 1 N–H and O–H groups in total. The summed E-state index contributed by atoms with van der Waals surface area (Å²) in [6.07, 6.45) is 3.44. The van der Waals surface area contributed by atoms with E-state index in [9.17, 15) is 4.79 Å². The van der Waals surface area contributed by atoms with E-state index in [1.165, 1.54) is 12.0 Å². The number of halogens is 1. The minimum Gasteiger partial charge on any atom is -0.283 e. The van der Waals surface area contributed by atoms with Gasteiger partial charge in [-0.1, -0.05) is 53.9 Å². The van der Waals surface area contributed by atoms with Crippen LogP contribution in [0.3, 0.4) is 0 Å². The van der Waals surface area contributed by atoms with Crippen molar-refractivity contribution >= 4 is 17.5 Å². The highest BCUT2D eigenvalue weighted by atomic mass is 35.5. The van der Waals surface area contributed by atoms with Crippen LogP contribution >= 0.6 is 11.6 Å². The van der Waals surface area contributed by atoms with Gasteiger partial charge in [0, 0.05) is 23.7 Å². The van der Waals surface area contributed by atoms with Crippen LogP contribution in [0.4, 0.5) is 0 Å². The minimum absolute atomic E-state index is 0.161. The van der Waals surface area contributed by atoms with E-state index in [1.54, 1.807) is 0 Å². The number of nitrogens with one attached hydrogen (secondary N) is 1. The Labute approximate surface area is 182 Å². The molecule has 0 radical (unpaired) electrons. The minimum atomic E-state index is -0.161. The maximum atomic E-state index is 12.9. The molecule has 1 aliphatic rings. The van der Waals surface area contributed by atoms with Crippen molar-refractivity contribution in [3.63, 3.8) is 0 Å². The van der Waals surface area contributed by atoms with Gasteiger partial charge < -0.3 is 0 Å². The van der Waals surface area contributed by atoms with Crippen molar-refractivity contribution in [2.24, 2.45) is 0 Å². The maximum absolute atomic E-state index is 12.9. The summed E-state index contributed by atoms with van der Waals surface area (Å²) in [6.45, 7) is 6.42. The summed E-state index contributed by atoms with van der Waals surface area (Å²) in [4.78, 5) is 12.9. The first-order chi connectivity index (χ1) is 14.5. The summed E-state index contributed by atoms with van der Waals surface area (Å²) in [5, 5.41) is 7.39. The largest absolute Gasteiger partial charge is 0.286 e. The number of piperidine rings is 1. The van der Waals surface area contributed by atoms with Crippen molar-refractivity contribution in [1.82, 2.24) is 20.2 Å². The van der Waals surface area contributed by atoms with Gasteiger partial charge in [0.2, 0.25) is 0 Å². The smallest absolute Gasteiger partial charge is 0.283 e. The van der Waals surface area contributed by atoms with Crippen LogP contribution in [0.2, 0.25) is 5.02 Å². The van der Waals surface area contributed by atoms with Crippen molar-refractivity contribution in [2.45, 2.75) is 39.7 Å². The summed E-state index contributed by atoms with van der Waals surface area (Å²) in [5.41, 5.74) is 8.69. The van der Waals surface area contributed by atoms with Crippen LogP contribution in [0.1, 0.15) is 46.4 Å². The van der Waals surface area contributed by atoms with Gasteiger partial charge in [-0.25, -0.2) is 5.01 Å². The predicted molar refractivity (Wildman–Crippen MR) is 121 cm³/mol. The van der Waals surface area contributed by atoms with E-state index in [2.05, 4.69) is 41.7 Å². The molecular formula is C24H27ClN4O. The van der Waals surface area contributed by atoms with Gasteiger partial charge in [0.05, 0.1) is 12.2 Å². The first kappa shape index (κ1) is 20.6. The fourth-order valence-electron chi connectivity index (χ4n) is 3.76. The lowest BCUT2D eigenvalue weighted by molar-refractivity contribution is 0.0744. The van der Waals surface area contributed by atoms with Gasteiger partial charge in [-0.05, 0) is 56.0 Å². The first-order valence-corrected chi connectivity index (χ1v) is 10.8. The molecule has 1 fully saturated rings. The van der Waals surface area contributed by atoms with Gasteiger partial charge in [-0.3, -0.25) is 14.9 Å². The Morgan fingerprint density at radius 2 is 1.77 bits per heavy atom. The van der Waals surface area contributed by atoms with Crippen LogP contribution in [0, 0.1) is 13.8 Å². The molecule has 30 heavy (non-hydrogen) atoms. The molecule has 4 rings (SSSR count). The molecule has 3 aromatic rings. The van der Waals surface area contributed by atoms with Gasteiger partial charge in [0.25, 0.3) is 5.91 Å². The summed E-state index contributed by atoms with van der Waals surface area (Å²) in [7, 11) is 0. The van der Waals surface area contributed by atoms with Gasteiger partial charge in [0.15, 0.2) is 5.69 Å². The predicted octanol–water partition coefficient (Wildman–Crippen LogP) is 5.00. The second-order valence-electron chi connectivity index (χ2n) is 8.01. The molecule has 0 saturated carbocycles. The van der Waals surface area contributed by atoms with E-state index < -0.39 is 0 Å². The Morgan fingerprint density at radius 3 is 2.47 bits per heavy atom. The van der Waals surface area contributed by atoms with Gasteiger partial charge in [0.1, 0.15) is 0 Å². The highest BCUT2D eigenvalue weighted by Gasteiger charge is 2.19. The number of rotatable bonds is 5. The van der Waals surface area contributed by atoms with Crippen molar-refractivity contribution in [3.05, 3.63) is 75.9 Å². The lowest BCUT2D eigenvalue weighted by Crippen LogP contribution is -2.45. The van der Waals surface area contributed by atoms with E-state index in [0.29, 0.717) is 12.2 Å². The van der Waals surface area contributed by atoms with Crippen LogP contribution in [-0.2, 0) is 6.54 Å². The van der Waals surface area contributed by atoms with Crippen molar-refractivity contribution in [1.29, 1.82) is 0 Å². The van der Waals surface area contributed by atoms with Crippen LogP contribution < -0.4 is 5.43 Å². The topological polar surface area (TPSA) is 50.2 Å². The number of nitrogens with zero attached hydrogens (tertiary/aromatic N) is 3. The van der Waals surface area contributed by atoms with Crippen molar-refractivity contribution < 1.29 is 4.79 Å². The zero-order chi connectivity index (χ0) is 21.1. The molecule has 6 heteroatoms. The average Bonchev–Trinajstić information content (AvgIpc) is 3.16. The van der Waals surface area contributed by atoms with E-state index in [-0.39, 0.29) is 5.91 Å². The monoisotopic (exact) mass is 422 g/mol. The third-order valence-corrected chi connectivity index (χ3v) is 5.96. The first-order valence-electron chi connectivity index (χ1n) is 10.5. The van der Waals surface area contributed by atoms with Crippen LogP contribution in [-0.4, -0.2) is 33.8 Å². The zero-order valence-electron chi connectivity index (χ0n) is 17.5. The molecular weight excluding hydrogens is 396 g/mol. The van der Waals surface area contributed by atoms with Crippen LogP contribution in [0.25, 0.3) is 11.3 Å². The highest BCUT2D eigenvalue weighted by molar-refractivity contribution is 6.31. The normalized spacial score (nSPS) is 14.6. The Kier molecular flexibility index (Phi) is 6.21. The number of aromatic nitrogens is 2. The molecule has 0 atom stereocenters. The molecule has 0 aliphatic carbocycles. The van der Waals surface area contributed by atoms with E-state index in [4.69, 9.17) is 11.6 Å². The van der Waals surface area contributed by atoms with E-state index in [1.807, 2.05) is 40.9 Å². The molecule has 2 aromatic carbocycles.